The van der Waals surface area contributed by atoms with Crippen molar-refractivity contribution in [1.29, 1.82) is 0 Å². The average molecular weight is 531 g/mol. The summed E-state index contributed by atoms with van der Waals surface area (Å²) in [7, 11) is 1.59. The summed E-state index contributed by atoms with van der Waals surface area (Å²) >= 11 is 8.32. The van der Waals surface area contributed by atoms with E-state index in [1.165, 1.54) is 16.7 Å². The molecule has 0 amide bonds. The van der Waals surface area contributed by atoms with E-state index in [-0.39, 0.29) is 12.0 Å². The maximum atomic E-state index is 15.6. The van der Waals surface area contributed by atoms with Crippen LogP contribution in [0.4, 0.5) is 4.39 Å². The van der Waals surface area contributed by atoms with Gasteiger partial charge in [-0.05, 0) is 100 Å². The summed E-state index contributed by atoms with van der Waals surface area (Å²) < 4.78 is 20.9. The van der Waals surface area contributed by atoms with Crippen LogP contribution >= 0.6 is 23.4 Å². The number of likely N-dealkylation sites (tertiary alicyclic amines) is 1. The maximum absolute atomic E-state index is 15.6. The number of hydrogen-bond donors (Lipinski definition) is 1. The Balaban J connectivity index is 1.29. The Bertz CT molecular complexity index is 1150. The third kappa shape index (κ3) is 6.71. The van der Waals surface area contributed by atoms with Crippen LogP contribution in [0.5, 0.6) is 5.75 Å². The molecule has 1 N–H and O–H groups in total. The van der Waals surface area contributed by atoms with Crippen LogP contribution in [-0.4, -0.2) is 54.1 Å². The van der Waals surface area contributed by atoms with Gasteiger partial charge in [0.25, 0.3) is 0 Å². The Kier molecular flexibility index (Phi) is 9.51. The fraction of sp³-hybridized carbons (Fsp3) is 0.483. The second kappa shape index (κ2) is 12.6. The van der Waals surface area contributed by atoms with Crippen LogP contribution in [0.25, 0.3) is 10.9 Å². The lowest BCUT2D eigenvalue weighted by molar-refractivity contribution is 0.0304. The van der Waals surface area contributed by atoms with E-state index in [2.05, 4.69) is 41.1 Å². The number of halogens is 2. The third-order valence-corrected chi connectivity index (χ3v) is 8.82. The molecule has 1 aliphatic heterocycles. The number of alkyl halides is 1. The predicted molar refractivity (Wildman–Crippen MR) is 148 cm³/mol. The smallest absolute Gasteiger partial charge is 0.127 e. The number of nitrogens with zero attached hydrogens (tertiary/aromatic N) is 2. The van der Waals surface area contributed by atoms with Crippen molar-refractivity contribution in [2.75, 3.05) is 39.1 Å². The minimum atomic E-state index is -1.23. The molecule has 194 valence electrons. The Morgan fingerprint density at radius 2 is 2.03 bits per heavy atom. The molecule has 3 aromatic rings. The van der Waals surface area contributed by atoms with E-state index >= 15 is 4.39 Å². The number of fused-ring (bicyclic) bond motifs is 1. The molecule has 0 radical (unpaired) electrons. The summed E-state index contributed by atoms with van der Waals surface area (Å²) in [5.41, 5.74) is 2.23. The highest BCUT2D eigenvalue weighted by Crippen LogP contribution is 2.42. The van der Waals surface area contributed by atoms with E-state index < -0.39 is 6.17 Å². The van der Waals surface area contributed by atoms with Crippen LogP contribution in [0.3, 0.4) is 0 Å². The number of aliphatic hydroxyl groups excluding tert-OH is 1. The van der Waals surface area contributed by atoms with Gasteiger partial charge in [0.2, 0.25) is 0 Å². The van der Waals surface area contributed by atoms with Gasteiger partial charge in [-0.1, -0.05) is 29.3 Å². The minimum absolute atomic E-state index is 0.0927. The lowest BCUT2D eigenvalue weighted by Crippen LogP contribution is -2.42. The molecule has 1 aliphatic rings. The topological polar surface area (TPSA) is 45.6 Å². The van der Waals surface area contributed by atoms with E-state index in [1.807, 2.05) is 23.9 Å². The second-order valence-electron chi connectivity index (χ2n) is 9.93. The maximum Gasteiger partial charge on any atom is 0.127 e. The van der Waals surface area contributed by atoms with Gasteiger partial charge in [-0.25, -0.2) is 4.39 Å². The van der Waals surface area contributed by atoms with E-state index in [9.17, 15) is 5.11 Å². The molecule has 4 rings (SSSR count). The molecule has 0 aliphatic carbocycles. The second-order valence-corrected chi connectivity index (χ2v) is 11.5. The van der Waals surface area contributed by atoms with Crippen molar-refractivity contribution in [3.05, 3.63) is 64.8 Å². The molecule has 1 fully saturated rings. The predicted octanol–water partition coefficient (Wildman–Crippen LogP) is 7.25. The zero-order valence-electron chi connectivity index (χ0n) is 21.2. The number of thioether (sulfide) groups is 1. The van der Waals surface area contributed by atoms with Gasteiger partial charge in [0.1, 0.15) is 11.9 Å². The van der Waals surface area contributed by atoms with Crippen LogP contribution in [0.2, 0.25) is 5.02 Å². The summed E-state index contributed by atoms with van der Waals surface area (Å²) in [6.07, 6.45) is 4.16. The number of piperidine rings is 1. The van der Waals surface area contributed by atoms with Gasteiger partial charge in [-0.15, -0.1) is 11.8 Å². The van der Waals surface area contributed by atoms with Gasteiger partial charge in [0, 0.05) is 28.6 Å². The van der Waals surface area contributed by atoms with Crippen molar-refractivity contribution >= 4 is 34.3 Å². The normalized spacial score (nSPS) is 16.8. The Labute approximate surface area is 223 Å². The lowest BCUT2D eigenvalue weighted by atomic mass is 9.74. The molecule has 1 saturated heterocycles. The van der Waals surface area contributed by atoms with Crippen molar-refractivity contribution < 1.29 is 14.2 Å². The zero-order chi connectivity index (χ0) is 25.5. The molecule has 0 saturated carbocycles. The number of aromatic nitrogens is 1. The number of ether oxygens (including phenoxy) is 1. The van der Waals surface area contributed by atoms with E-state index in [0.717, 1.165) is 44.6 Å². The Hall–Kier alpha value is -1.86. The molecule has 36 heavy (non-hydrogen) atoms. The average Bonchev–Trinajstić information content (AvgIpc) is 2.90. The first-order valence-electron chi connectivity index (χ1n) is 12.7. The standard InChI is InChI=1S/C29H36ClFN2O2S/c1-21-5-3-6-23(17-21)36-16-4-13-33-14-11-29(20-34,12-15-33)10-9-26(31)28-24-18-22(35-2)7-8-27(24)32-19-25(28)30/h3,5-8,17-19,26,34H,4,9-16,20H2,1-2H3/t26-/m0/s1. The molecular formula is C29H36ClFN2O2S. The molecule has 0 spiro atoms. The minimum Gasteiger partial charge on any atom is -0.497 e. The van der Waals surface area contributed by atoms with E-state index in [0.29, 0.717) is 40.1 Å². The molecule has 0 unspecified atom stereocenters. The summed E-state index contributed by atoms with van der Waals surface area (Å²) in [5, 5.41) is 11.3. The molecule has 1 atom stereocenters. The number of aliphatic hydroxyl groups is 1. The first-order chi connectivity index (χ1) is 17.4. The van der Waals surface area contributed by atoms with Crippen LogP contribution in [0, 0.1) is 12.3 Å². The fourth-order valence-electron chi connectivity index (χ4n) is 5.11. The number of benzene rings is 2. The molecule has 4 nitrogen and oxygen atoms in total. The molecule has 7 heteroatoms. The Morgan fingerprint density at radius 3 is 2.75 bits per heavy atom. The molecule has 2 aromatic carbocycles. The van der Waals surface area contributed by atoms with Gasteiger partial charge in [0.15, 0.2) is 0 Å². The number of aryl methyl sites for hydroxylation is 1. The molecular weight excluding hydrogens is 495 g/mol. The van der Waals surface area contributed by atoms with Crippen LogP contribution < -0.4 is 4.74 Å². The number of hydrogen-bond acceptors (Lipinski definition) is 5. The fourth-order valence-corrected chi connectivity index (χ4v) is 6.33. The highest BCUT2D eigenvalue weighted by Gasteiger charge is 2.35. The quantitative estimate of drug-likeness (QED) is 0.209. The summed E-state index contributed by atoms with van der Waals surface area (Å²) in [4.78, 5) is 8.15. The van der Waals surface area contributed by atoms with Gasteiger partial charge >= 0.3 is 0 Å². The highest BCUT2D eigenvalue weighted by molar-refractivity contribution is 7.99. The summed E-state index contributed by atoms with van der Waals surface area (Å²) in [6.45, 7) is 5.18. The number of rotatable bonds is 11. The lowest BCUT2D eigenvalue weighted by Gasteiger charge is -2.41. The molecule has 0 bridgehead atoms. The van der Waals surface area contributed by atoms with Crippen molar-refractivity contribution in [2.45, 2.75) is 50.1 Å². The van der Waals surface area contributed by atoms with Crippen molar-refractivity contribution in [3.63, 3.8) is 0 Å². The van der Waals surface area contributed by atoms with Crippen molar-refractivity contribution in [3.8, 4) is 5.75 Å². The van der Waals surface area contributed by atoms with Crippen LogP contribution in [-0.2, 0) is 0 Å². The number of methoxy groups -OCH3 is 1. The zero-order valence-corrected chi connectivity index (χ0v) is 22.8. The monoisotopic (exact) mass is 530 g/mol. The largest absolute Gasteiger partial charge is 0.497 e. The highest BCUT2D eigenvalue weighted by atomic mass is 35.5. The summed E-state index contributed by atoms with van der Waals surface area (Å²) in [5.74, 6) is 1.75. The van der Waals surface area contributed by atoms with Crippen molar-refractivity contribution in [2.24, 2.45) is 5.41 Å². The molecule has 2 heterocycles. The van der Waals surface area contributed by atoms with Gasteiger partial charge in [-0.3, -0.25) is 4.98 Å². The first kappa shape index (κ1) is 27.2. The van der Waals surface area contributed by atoms with Crippen LogP contribution in [0.1, 0.15) is 49.4 Å². The first-order valence-corrected chi connectivity index (χ1v) is 14.1. The summed E-state index contributed by atoms with van der Waals surface area (Å²) in [6, 6.07) is 14.1. The number of pyridine rings is 1. The van der Waals surface area contributed by atoms with Gasteiger partial charge in [-0.2, -0.15) is 0 Å². The SMILES string of the molecule is COc1ccc2ncc(Cl)c([C@@H](F)CCC3(CO)CCN(CCCSc4cccc(C)c4)CC3)c2c1. The van der Waals surface area contributed by atoms with Gasteiger partial charge < -0.3 is 14.7 Å². The van der Waals surface area contributed by atoms with Gasteiger partial charge in [0.05, 0.1) is 17.6 Å². The van der Waals surface area contributed by atoms with Crippen LogP contribution in [0.15, 0.2) is 53.6 Å². The van der Waals surface area contributed by atoms with Crippen molar-refractivity contribution in [1.82, 2.24) is 9.88 Å². The molecule has 1 aromatic heterocycles. The Morgan fingerprint density at radius 1 is 1.22 bits per heavy atom. The third-order valence-electron chi connectivity index (χ3n) is 7.44. The van der Waals surface area contributed by atoms with E-state index in [4.69, 9.17) is 16.3 Å². The van der Waals surface area contributed by atoms with E-state index in [1.54, 1.807) is 13.2 Å².